The fourth-order valence-corrected chi connectivity index (χ4v) is 6.69. The third kappa shape index (κ3) is 4.61. The number of thiophene rings is 1. The Bertz CT molecular complexity index is 821. The average molecular weight is 416 g/mol. The smallest absolute Gasteiger partial charge is 0.325 e. The highest BCUT2D eigenvalue weighted by Gasteiger charge is 2.51. The van der Waals surface area contributed by atoms with Crippen LogP contribution in [0.3, 0.4) is 0 Å². The molecule has 4 bridgehead atoms. The molecule has 4 fully saturated rings. The second-order valence-electron chi connectivity index (χ2n) is 8.86. The fourth-order valence-electron chi connectivity index (χ4n) is 5.93. The van der Waals surface area contributed by atoms with E-state index in [1.165, 1.54) is 30.6 Å². The molecule has 0 saturated heterocycles. The standard InChI is InChI=1S/C21H25N3O4S/c22-10-16-1-2-29-20(16)24-18(26)12-28-19(27)11-23-17(25)9-21-6-13-3-14(7-21)5-15(4-13)8-21/h1-2,13-15H,3-9,11-12H2,(H,23,25)(H,24,26). The van der Waals surface area contributed by atoms with Crippen molar-refractivity contribution in [1.82, 2.24) is 5.32 Å². The summed E-state index contributed by atoms with van der Waals surface area (Å²) in [7, 11) is 0. The van der Waals surface area contributed by atoms with Crippen molar-refractivity contribution in [2.45, 2.75) is 44.9 Å². The maximum absolute atomic E-state index is 12.4. The zero-order chi connectivity index (χ0) is 20.4. The molecular weight excluding hydrogens is 390 g/mol. The molecule has 8 heteroatoms. The highest BCUT2D eigenvalue weighted by molar-refractivity contribution is 7.14. The van der Waals surface area contributed by atoms with E-state index in [-0.39, 0.29) is 17.9 Å². The van der Waals surface area contributed by atoms with Gasteiger partial charge in [-0.05, 0) is 73.1 Å². The van der Waals surface area contributed by atoms with Crippen LogP contribution in [0.25, 0.3) is 0 Å². The molecule has 4 aliphatic rings. The summed E-state index contributed by atoms with van der Waals surface area (Å²) in [6, 6.07) is 3.58. The van der Waals surface area contributed by atoms with Crippen LogP contribution in [0.5, 0.6) is 0 Å². The summed E-state index contributed by atoms with van der Waals surface area (Å²) in [4.78, 5) is 36.2. The molecule has 0 aliphatic heterocycles. The van der Waals surface area contributed by atoms with Gasteiger partial charge in [0, 0.05) is 6.42 Å². The number of anilines is 1. The van der Waals surface area contributed by atoms with Crippen LogP contribution >= 0.6 is 11.3 Å². The van der Waals surface area contributed by atoms with Crippen molar-refractivity contribution in [1.29, 1.82) is 5.26 Å². The van der Waals surface area contributed by atoms with Crippen LogP contribution in [-0.2, 0) is 19.1 Å². The molecule has 0 atom stereocenters. The Kier molecular flexibility index (Phi) is 5.59. The molecule has 154 valence electrons. The van der Waals surface area contributed by atoms with E-state index in [2.05, 4.69) is 10.6 Å². The van der Waals surface area contributed by atoms with Gasteiger partial charge in [-0.3, -0.25) is 14.4 Å². The molecular formula is C21H25N3O4S. The number of rotatable bonds is 7. The first-order valence-corrected chi connectivity index (χ1v) is 11.0. The lowest BCUT2D eigenvalue weighted by Gasteiger charge is -2.56. The SMILES string of the molecule is N#Cc1ccsc1NC(=O)COC(=O)CNC(=O)CC12CC3CC(CC(C3)C1)C2. The number of nitrogens with one attached hydrogen (secondary N) is 2. The number of esters is 1. The number of nitriles is 1. The van der Waals surface area contributed by atoms with Crippen LogP contribution in [0.15, 0.2) is 11.4 Å². The summed E-state index contributed by atoms with van der Waals surface area (Å²) in [5, 5.41) is 16.2. The van der Waals surface area contributed by atoms with Crippen LogP contribution in [0.4, 0.5) is 5.00 Å². The van der Waals surface area contributed by atoms with Gasteiger partial charge in [-0.1, -0.05) is 0 Å². The highest BCUT2D eigenvalue weighted by Crippen LogP contribution is 2.61. The van der Waals surface area contributed by atoms with Gasteiger partial charge in [-0.15, -0.1) is 11.3 Å². The first-order chi connectivity index (χ1) is 13.9. The highest BCUT2D eigenvalue weighted by atomic mass is 32.1. The summed E-state index contributed by atoms with van der Waals surface area (Å²) in [6.45, 7) is -0.687. The normalized spacial score (nSPS) is 29.1. The topological polar surface area (TPSA) is 108 Å². The van der Waals surface area contributed by atoms with E-state index < -0.39 is 18.5 Å². The second kappa shape index (κ2) is 8.15. The van der Waals surface area contributed by atoms with Crippen LogP contribution in [-0.4, -0.2) is 30.9 Å². The Morgan fingerprint density at radius 2 is 1.79 bits per heavy atom. The maximum atomic E-state index is 12.4. The lowest BCUT2D eigenvalue weighted by Crippen LogP contribution is -2.48. The monoisotopic (exact) mass is 415 g/mol. The molecule has 0 unspecified atom stereocenters. The lowest BCUT2D eigenvalue weighted by molar-refractivity contribution is -0.147. The summed E-state index contributed by atoms with van der Waals surface area (Å²) in [6.07, 6.45) is 7.91. The number of hydrogen-bond donors (Lipinski definition) is 2. The van der Waals surface area contributed by atoms with Crippen molar-refractivity contribution in [2.24, 2.45) is 23.2 Å². The zero-order valence-corrected chi connectivity index (χ0v) is 17.1. The molecule has 29 heavy (non-hydrogen) atoms. The van der Waals surface area contributed by atoms with Gasteiger partial charge in [0.2, 0.25) is 5.91 Å². The summed E-state index contributed by atoms with van der Waals surface area (Å²) in [5.74, 6) is 1.07. The molecule has 5 rings (SSSR count). The minimum absolute atomic E-state index is 0.106. The van der Waals surface area contributed by atoms with E-state index >= 15 is 0 Å². The quantitative estimate of drug-likeness (QED) is 0.666. The molecule has 4 saturated carbocycles. The van der Waals surface area contributed by atoms with Gasteiger partial charge in [0.1, 0.15) is 17.6 Å². The van der Waals surface area contributed by atoms with E-state index in [1.54, 1.807) is 11.4 Å². The van der Waals surface area contributed by atoms with Gasteiger partial charge in [0.25, 0.3) is 5.91 Å². The Morgan fingerprint density at radius 1 is 1.14 bits per heavy atom. The predicted molar refractivity (Wildman–Crippen MR) is 107 cm³/mol. The van der Waals surface area contributed by atoms with E-state index in [1.807, 2.05) is 6.07 Å². The zero-order valence-electron chi connectivity index (χ0n) is 16.2. The van der Waals surface area contributed by atoms with Gasteiger partial charge in [0.05, 0.1) is 5.56 Å². The van der Waals surface area contributed by atoms with E-state index in [0.29, 0.717) is 17.0 Å². The molecule has 2 N–H and O–H groups in total. The van der Waals surface area contributed by atoms with Crippen LogP contribution in [0, 0.1) is 34.5 Å². The molecule has 1 aromatic rings. The number of carbonyl (C=O) groups excluding carboxylic acids is 3. The summed E-state index contributed by atoms with van der Waals surface area (Å²) in [5.41, 5.74) is 0.494. The first kappa shape index (κ1) is 19.9. The van der Waals surface area contributed by atoms with Crippen molar-refractivity contribution in [3.63, 3.8) is 0 Å². The molecule has 2 amide bonds. The van der Waals surface area contributed by atoms with Gasteiger partial charge < -0.3 is 15.4 Å². The molecule has 4 aliphatic carbocycles. The van der Waals surface area contributed by atoms with E-state index in [9.17, 15) is 14.4 Å². The third-order valence-electron chi connectivity index (χ3n) is 6.53. The van der Waals surface area contributed by atoms with Crippen molar-refractivity contribution < 1.29 is 19.1 Å². The van der Waals surface area contributed by atoms with Gasteiger partial charge in [-0.25, -0.2) is 0 Å². The number of amides is 2. The number of carbonyl (C=O) groups is 3. The Hall–Kier alpha value is -2.40. The average Bonchev–Trinajstić information content (AvgIpc) is 3.10. The van der Waals surface area contributed by atoms with Crippen molar-refractivity contribution in [2.75, 3.05) is 18.5 Å². The third-order valence-corrected chi connectivity index (χ3v) is 7.36. The summed E-state index contributed by atoms with van der Waals surface area (Å²) >= 11 is 1.23. The van der Waals surface area contributed by atoms with Crippen LogP contribution < -0.4 is 10.6 Å². The largest absolute Gasteiger partial charge is 0.454 e. The summed E-state index contributed by atoms with van der Waals surface area (Å²) < 4.78 is 4.93. The number of ether oxygens (including phenoxy) is 1. The van der Waals surface area contributed by atoms with Crippen LogP contribution in [0.1, 0.15) is 50.5 Å². The van der Waals surface area contributed by atoms with E-state index in [4.69, 9.17) is 10.00 Å². The maximum Gasteiger partial charge on any atom is 0.325 e. The van der Waals surface area contributed by atoms with Crippen molar-refractivity contribution in [3.8, 4) is 6.07 Å². The molecule has 1 aromatic heterocycles. The Labute approximate surface area is 173 Å². The number of nitrogens with zero attached hydrogens (tertiary/aromatic N) is 1. The van der Waals surface area contributed by atoms with Crippen molar-refractivity contribution in [3.05, 3.63) is 17.0 Å². The van der Waals surface area contributed by atoms with Gasteiger partial charge in [-0.2, -0.15) is 5.26 Å². The minimum Gasteiger partial charge on any atom is -0.454 e. The van der Waals surface area contributed by atoms with Gasteiger partial charge >= 0.3 is 5.97 Å². The van der Waals surface area contributed by atoms with E-state index in [0.717, 1.165) is 37.0 Å². The molecule has 7 nitrogen and oxygen atoms in total. The number of hydrogen-bond acceptors (Lipinski definition) is 6. The Balaban J connectivity index is 1.18. The fraction of sp³-hybridized carbons (Fsp3) is 0.619. The molecule has 0 aromatic carbocycles. The minimum atomic E-state index is -0.648. The first-order valence-electron chi connectivity index (χ1n) is 10.1. The predicted octanol–water partition coefficient (Wildman–Crippen LogP) is 2.82. The Morgan fingerprint density at radius 3 is 2.41 bits per heavy atom. The lowest BCUT2D eigenvalue weighted by atomic mass is 9.49. The van der Waals surface area contributed by atoms with Gasteiger partial charge in [0.15, 0.2) is 6.61 Å². The van der Waals surface area contributed by atoms with Crippen molar-refractivity contribution >= 4 is 34.1 Å². The molecule has 1 heterocycles. The van der Waals surface area contributed by atoms with Crippen LogP contribution in [0.2, 0.25) is 0 Å². The second-order valence-corrected chi connectivity index (χ2v) is 9.77. The molecule has 0 radical (unpaired) electrons. The molecule has 0 spiro atoms.